The lowest BCUT2D eigenvalue weighted by atomic mass is 9.59. The summed E-state index contributed by atoms with van der Waals surface area (Å²) >= 11 is 0. The molecule has 66 heavy (non-hydrogen) atoms. The van der Waals surface area contributed by atoms with Gasteiger partial charge < -0.3 is 5.11 Å². The van der Waals surface area contributed by atoms with E-state index in [1.54, 1.807) is 24.3 Å². The smallest absolute Gasteiger partial charge is 0.235 e. The van der Waals surface area contributed by atoms with Crippen LogP contribution < -0.4 is 0 Å². The van der Waals surface area contributed by atoms with Gasteiger partial charge in [-0.25, -0.2) is 39.1 Å². The molecule has 384 valence electrons. The first-order valence-corrected chi connectivity index (χ1v) is 26.1. The van der Waals surface area contributed by atoms with Gasteiger partial charge in [0.05, 0.1) is 25.2 Å². The molecule has 0 spiro atoms. The zero-order chi connectivity index (χ0) is 51.7. The van der Waals surface area contributed by atoms with Crippen LogP contribution in [-0.2, 0) is 19.2 Å². The van der Waals surface area contributed by atoms with Crippen LogP contribution in [0, 0.1) is 61.1 Å². The van der Waals surface area contributed by atoms with E-state index < -0.39 is 0 Å². The van der Waals surface area contributed by atoms with Gasteiger partial charge in [0, 0.05) is 0 Å². The molecule has 0 aliphatic heterocycles. The van der Waals surface area contributed by atoms with Crippen molar-refractivity contribution in [3.05, 3.63) is 0 Å². The van der Waals surface area contributed by atoms with E-state index in [1.807, 2.05) is 0 Å². The standard InChI is InChI=1S/C14H28.2C13H23NO.C12H18N2O2.C4H10.CH4O/c1-6-8-14(5)10-12(7-2)9-13(3,4)11-14;1-5-11-6-12(2,3)8-13(4,7-11)9-14-10-15;1-5-6-13(4)8-11(14-10-15)7-12(2,3)9-13;1-11(2)4-10(14-9-16)5-12(3,6-11)7-13-8-15;1-4(2)3;1-2/h12H,6-11H2,1-5H3;2*11H,5-9H2,1-4H3;10H,4-7H2,1-3H3;4H,1-3H3;2H,1H3/p+1. The van der Waals surface area contributed by atoms with Gasteiger partial charge in [-0.1, -0.05) is 157 Å². The molecule has 0 aromatic carbocycles. The summed E-state index contributed by atoms with van der Waals surface area (Å²) in [6.07, 6.45) is 28.5. The van der Waals surface area contributed by atoms with Crippen LogP contribution in [0.1, 0.15) is 247 Å². The highest BCUT2D eigenvalue weighted by Gasteiger charge is 2.43. The number of isocyanates is 4. The van der Waals surface area contributed by atoms with E-state index in [1.165, 1.54) is 90.6 Å². The molecule has 0 amide bonds. The Morgan fingerprint density at radius 3 is 1.02 bits per heavy atom. The Hall–Kier alpha value is -2.52. The molecule has 4 aliphatic rings. The van der Waals surface area contributed by atoms with Crippen molar-refractivity contribution in [1.29, 1.82) is 0 Å². The molecule has 0 radical (unpaired) electrons. The molecule has 8 unspecified atom stereocenters. The topological polar surface area (TPSA) is 141 Å². The molecular formula is C57H107N4O5+. The SMILES string of the molecule is CC(C)C.CC1(C)CC(N=C=O)CC(C)(CN=C=O)C1.CCC1CC(C)(C)CC(C)(CN=C=O)C1.CCCC1(C)CC(CC)CC(C)(C)C1.CCCC1(C)CC(N=C=O)CC(C)(C)C1.C[OH2+]. The monoisotopic (exact) mass is 928 g/mol. The zero-order valence-corrected chi connectivity index (χ0v) is 47.0. The van der Waals surface area contributed by atoms with Crippen LogP contribution in [0.3, 0.4) is 0 Å². The first-order chi connectivity index (χ1) is 30.4. The molecule has 0 aromatic rings. The number of hydrogen-bond acceptors (Lipinski definition) is 8. The van der Waals surface area contributed by atoms with E-state index in [-0.39, 0.29) is 28.3 Å². The van der Waals surface area contributed by atoms with E-state index in [9.17, 15) is 19.2 Å². The maximum atomic E-state index is 10.4. The predicted octanol–water partition coefficient (Wildman–Crippen LogP) is 15.5. The molecule has 9 heteroatoms. The van der Waals surface area contributed by atoms with Crippen LogP contribution in [0.5, 0.6) is 0 Å². The number of rotatable bonds is 12. The second kappa shape index (κ2) is 30.2. The summed E-state index contributed by atoms with van der Waals surface area (Å²) in [6, 6.07) is 0.205. The van der Waals surface area contributed by atoms with E-state index in [0.29, 0.717) is 40.2 Å². The molecule has 0 heterocycles. The molecule has 0 bridgehead atoms. The number of carbonyl (C=O) groups excluding carboxylic acids is 4. The summed E-state index contributed by atoms with van der Waals surface area (Å²) in [6.45, 7) is 44.4. The lowest BCUT2D eigenvalue weighted by Crippen LogP contribution is -2.39. The van der Waals surface area contributed by atoms with Crippen LogP contribution in [0.25, 0.3) is 0 Å². The molecule has 0 aromatic heterocycles. The van der Waals surface area contributed by atoms with Gasteiger partial charge in [0.15, 0.2) is 0 Å². The highest BCUT2D eigenvalue weighted by Crippen LogP contribution is 2.53. The normalized spacial score (nSPS) is 32.0. The van der Waals surface area contributed by atoms with E-state index in [0.717, 1.165) is 49.9 Å². The van der Waals surface area contributed by atoms with Gasteiger partial charge in [-0.2, -0.15) is 0 Å². The van der Waals surface area contributed by atoms with Crippen molar-refractivity contribution in [3.8, 4) is 0 Å². The second-order valence-corrected chi connectivity index (χ2v) is 26.6. The average molecular weight is 929 g/mol. The van der Waals surface area contributed by atoms with Crippen LogP contribution in [0.2, 0.25) is 0 Å². The number of hydrogen-bond donors (Lipinski definition) is 0. The Morgan fingerprint density at radius 2 is 0.712 bits per heavy atom. The van der Waals surface area contributed by atoms with Gasteiger partial charge in [-0.05, 0) is 151 Å². The average Bonchev–Trinajstić information content (AvgIpc) is 3.15. The Balaban J connectivity index is 0. The minimum atomic E-state index is -0.0653. The van der Waals surface area contributed by atoms with Gasteiger partial charge in [0.25, 0.3) is 0 Å². The van der Waals surface area contributed by atoms with Gasteiger partial charge in [0.2, 0.25) is 24.3 Å². The fraction of sp³-hybridized carbons (Fsp3) is 0.930. The molecule has 9 nitrogen and oxygen atoms in total. The Bertz CT molecular complexity index is 1560. The molecule has 4 aliphatic carbocycles. The molecule has 4 fully saturated rings. The first kappa shape index (κ1) is 65.6. The Labute approximate surface area is 407 Å². The maximum absolute atomic E-state index is 10.4. The third kappa shape index (κ3) is 28.1. The predicted molar refractivity (Wildman–Crippen MR) is 280 cm³/mol. The van der Waals surface area contributed by atoms with Crippen molar-refractivity contribution in [2.75, 3.05) is 20.2 Å². The maximum Gasteiger partial charge on any atom is 0.235 e. The third-order valence-corrected chi connectivity index (χ3v) is 14.3. The fourth-order valence-corrected chi connectivity index (χ4v) is 14.0. The number of aliphatic imine (C=N–C) groups is 4. The van der Waals surface area contributed by atoms with Crippen LogP contribution in [0.15, 0.2) is 20.0 Å². The molecule has 2 N–H and O–H groups in total. The van der Waals surface area contributed by atoms with Crippen molar-refractivity contribution in [2.45, 2.75) is 259 Å². The lowest BCUT2D eigenvalue weighted by Gasteiger charge is -2.47. The molecule has 4 rings (SSSR count). The fourth-order valence-electron chi connectivity index (χ4n) is 14.0. The van der Waals surface area contributed by atoms with E-state index in [4.69, 9.17) is 5.11 Å². The summed E-state index contributed by atoms with van der Waals surface area (Å²) < 4.78 is 0. The second-order valence-electron chi connectivity index (χ2n) is 26.6. The Morgan fingerprint density at radius 1 is 0.439 bits per heavy atom. The summed E-state index contributed by atoms with van der Waals surface area (Å²) in [5.41, 5.74) is 2.56. The summed E-state index contributed by atoms with van der Waals surface area (Å²) in [5.74, 6) is 2.61. The van der Waals surface area contributed by atoms with Crippen molar-refractivity contribution in [2.24, 2.45) is 81.0 Å². The molecule has 8 atom stereocenters. The Kier molecular flexibility index (Phi) is 30.0. The highest BCUT2D eigenvalue weighted by atomic mass is 16.2. The first-order valence-electron chi connectivity index (χ1n) is 26.1. The van der Waals surface area contributed by atoms with Crippen LogP contribution in [-0.4, -0.2) is 61.7 Å². The highest BCUT2D eigenvalue weighted by molar-refractivity contribution is 5.35. The van der Waals surface area contributed by atoms with Crippen molar-refractivity contribution >= 4 is 24.3 Å². The van der Waals surface area contributed by atoms with Gasteiger partial charge >= 0.3 is 0 Å². The van der Waals surface area contributed by atoms with Gasteiger partial charge in [-0.3, -0.25) is 0 Å². The molecule has 4 saturated carbocycles. The third-order valence-electron chi connectivity index (χ3n) is 14.3. The van der Waals surface area contributed by atoms with Crippen molar-refractivity contribution in [3.63, 3.8) is 0 Å². The minimum absolute atomic E-state index is 0.00750. The number of nitrogens with zero attached hydrogens (tertiary/aromatic N) is 4. The summed E-state index contributed by atoms with van der Waals surface area (Å²) in [7, 11) is 1.25. The van der Waals surface area contributed by atoms with E-state index in [2.05, 4.69) is 152 Å². The largest absolute Gasteiger partial charge is 0.448 e. The van der Waals surface area contributed by atoms with Crippen molar-refractivity contribution < 1.29 is 24.3 Å². The van der Waals surface area contributed by atoms with E-state index >= 15 is 0 Å². The zero-order valence-electron chi connectivity index (χ0n) is 47.0. The van der Waals surface area contributed by atoms with Crippen molar-refractivity contribution in [1.82, 2.24) is 0 Å². The quantitative estimate of drug-likeness (QED) is 0.109. The molecular weight excluding hydrogens is 821 g/mol. The summed E-state index contributed by atoms with van der Waals surface area (Å²) in [4.78, 5) is 56.4. The molecule has 0 saturated heterocycles. The van der Waals surface area contributed by atoms with Crippen LogP contribution in [0.4, 0.5) is 0 Å². The van der Waals surface area contributed by atoms with Gasteiger partial charge in [-0.15, -0.1) is 0 Å². The van der Waals surface area contributed by atoms with Gasteiger partial charge in [0.1, 0.15) is 7.11 Å². The minimum Gasteiger partial charge on any atom is -0.448 e. The lowest BCUT2D eigenvalue weighted by molar-refractivity contribution is 0.0454. The summed E-state index contributed by atoms with van der Waals surface area (Å²) in [5, 5.41) is 5.75. The van der Waals surface area contributed by atoms with Crippen LogP contribution >= 0.6 is 0 Å².